The lowest BCUT2D eigenvalue weighted by Gasteiger charge is -2.29. The fourth-order valence-corrected chi connectivity index (χ4v) is 6.93. The number of carbonyl (C=O) groups excluding carboxylic acids is 3. The number of ether oxygens (including phenoxy) is 1. The molecule has 1 aliphatic rings. The average molecular weight is 782 g/mol. The summed E-state index contributed by atoms with van der Waals surface area (Å²) in [7, 11) is 1.58. The van der Waals surface area contributed by atoms with Gasteiger partial charge in [-0.3, -0.25) is 14.4 Å². The molecule has 11 nitrogen and oxygen atoms in total. The molecule has 3 amide bonds. The average Bonchev–Trinajstić information content (AvgIpc) is 3.83. The highest BCUT2D eigenvalue weighted by Gasteiger charge is 2.35. The van der Waals surface area contributed by atoms with Crippen LogP contribution in [0.25, 0.3) is 33.6 Å². The summed E-state index contributed by atoms with van der Waals surface area (Å²) in [5, 5.41) is 3.01. The molecule has 0 aliphatic heterocycles. The molecule has 3 atom stereocenters. The summed E-state index contributed by atoms with van der Waals surface area (Å²) < 4.78 is 5.35. The second-order valence-corrected chi connectivity index (χ2v) is 15.3. The summed E-state index contributed by atoms with van der Waals surface area (Å²) in [5.74, 6) is 3.87. The molecule has 302 valence electrons. The van der Waals surface area contributed by atoms with Gasteiger partial charge in [0.25, 0.3) is 0 Å². The number of hydrogen-bond donors (Lipinski definition) is 3. The molecule has 0 radical (unpaired) electrons. The maximum atomic E-state index is 14.3. The Hall–Kier alpha value is -5.99. The van der Waals surface area contributed by atoms with E-state index in [1.165, 1.54) is 0 Å². The predicted molar refractivity (Wildman–Crippen MR) is 226 cm³/mol. The van der Waals surface area contributed by atoms with E-state index in [9.17, 15) is 14.4 Å². The molecule has 5 aromatic rings. The molecule has 3 N–H and O–H groups in total. The molecule has 11 heteroatoms. The zero-order valence-electron chi connectivity index (χ0n) is 34.0. The number of amides is 3. The molecule has 1 fully saturated rings. The van der Waals surface area contributed by atoms with E-state index in [2.05, 4.69) is 88.3 Å². The molecule has 2 heterocycles. The van der Waals surface area contributed by atoms with Gasteiger partial charge in [0, 0.05) is 32.5 Å². The van der Waals surface area contributed by atoms with Crippen molar-refractivity contribution in [3.8, 4) is 46.0 Å². The molecule has 0 unspecified atom stereocenters. The van der Waals surface area contributed by atoms with Gasteiger partial charge >= 0.3 is 0 Å². The van der Waals surface area contributed by atoms with E-state index in [1.54, 1.807) is 18.2 Å². The molecule has 2 aromatic heterocycles. The van der Waals surface area contributed by atoms with E-state index >= 15 is 0 Å². The first-order valence-corrected chi connectivity index (χ1v) is 20.3. The van der Waals surface area contributed by atoms with E-state index in [0.717, 1.165) is 65.1 Å². The van der Waals surface area contributed by atoms with Crippen molar-refractivity contribution in [2.45, 2.75) is 72.0 Å². The smallest absolute Gasteiger partial charge is 0.250 e. The van der Waals surface area contributed by atoms with Gasteiger partial charge in [0.05, 0.1) is 49.4 Å². The fraction of sp³-hybridized carbons (Fsp3) is 0.383. The Labute approximate surface area is 342 Å². The SMILES string of the molecule is C#C[C@H](COC)CN(Cc1ncc(-c2ccc(-c3ccc(-c4cnc(CN(CCC)C(=O)C[C@@H](C)CC)[nH]4)cc3)cc2)[nH]1)C(=O)[C@H](NC(=O)C1CC1)c1ccccc1. The van der Waals surface area contributed by atoms with E-state index < -0.39 is 6.04 Å². The molecule has 0 spiro atoms. The van der Waals surface area contributed by atoms with Crippen LogP contribution in [0.5, 0.6) is 0 Å². The van der Waals surface area contributed by atoms with Crippen molar-refractivity contribution in [1.29, 1.82) is 0 Å². The number of H-pyrrole nitrogens is 2. The lowest BCUT2D eigenvalue weighted by Crippen LogP contribution is -2.45. The zero-order valence-corrected chi connectivity index (χ0v) is 34.0. The Bertz CT molecular complexity index is 2150. The first kappa shape index (κ1) is 41.6. The number of benzene rings is 3. The molecule has 1 aliphatic carbocycles. The van der Waals surface area contributed by atoms with Gasteiger partial charge in [-0.05, 0) is 53.0 Å². The zero-order chi connectivity index (χ0) is 41.0. The Morgan fingerprint density at radius 3 is 1.90 bits per heavy atom. The van der Waals surface area contributed by atoms with Crippen LogP contribution in [0.15, 0.2) is 91.3 Å². The molecule has 0 bridgehead atoms. The van der Waals surface area contributed by atoms with Crippen LogP contribution in [-0.2, 0) is 32.2 Å². The monoisotopic (exact) mass is 781 g/mol. The molecule has 1 saturated carbocycles. The Morgan fingerprint density at radius 2 is 1.40 bits per heavy atom. The fourth-order valence-electron chi connectivity index (χ4n) is 6.93. The molecule has 6 rings (SSSR count). The number of methoxy groups -OCH3 is 1. The van der Waals surface area contributed by atoms with Crippen molar-refractivity contribution in [1.82, 2.24) is 35.1 Å². The topological polar surface area (TPSA) is 136 Å². The van der Waals surface area contributed by atoms with E-state index in [-0.39, 0.29) is 49.3 Å². The number of terminal acetylenes is 1. The number of aromatic nitrogens is 4. The van der Waals surface area contributed by atoms with Crippen LogP contribution in [0, 0.1) is 30.1 Å². The van der Waals surface area contributed by atoms with Crippen LogP contribution in [0.1, 0.15) is 76.1 Å². The van der Waals surface area contributed by atoms with Gasteiger partial charge in [0.1, 0.15) is 17.7 Å². The Balaban J connectivity index is 1.13. The minimum Gasteiger partial charge on any atom is -0.383 e. The highest BCUT2D eigenvalue weighted by atomic mass is 16.5. The molecule has 3 aromatic carbocycles. The van der Waals surface area contributed by atoms with Gasteiger partial charge < -0.3 is 29.8 Å². The van der Waals surface area contributed by atoms with Crippen molar-refractivity contribution in [2.24, 2.45) is 17.8 Å². The summed E-state index contributed by atoms with van der Waals surface area (Å²) in [6.07, 6.45) is 13.5. The first-order valence-electron chi connectivity index (χ1n) is 20.3. The second kappa shape index (κ2) is 19.9. The van der Waals surface area contributed by atoms with Crippen molar-refractivity contribution in [3.63, 3.8) is 0 Å². The van der Waals surface area contributed by atoms with Gasteiger partial charge in [-0.1, -0.05) is 112 Å². The number of imidazole rings is 2. The maximum absolute atomic E-state index is 14.3. The van der Waals surface area contributed by atoms with Crippen molar-refractivity contribution in [2.75, 3.05) is 26.8 Å². The van der Waals surface area contributed by atoms with E-state index in [1.807, 2.05) is 53.6 Å². The summed E-state index contributed by atoms with van der Waals surface area (Å²) >= 11 is 0. The first-order chi connectivity index (χ1) is 28.2. The molecule has 0 saturated heterocycles. The van der Waals surface area contributed by atoms with Crippen LogP contribution >= 0.6 is 0 Å². The van der Waals surface area contributed by atoms with Crippen LogP contribution in [0.4, 0.5) is 0 Å². The van der Waals surface area contributed by atoms with Gasteiger partial charge in [0.2, 0.25) is 17.7 Å². The summed E-state index contributed by atoms with van der Waals surface area (Å²) in [4.78, 5) is 59.8. The molecule has 58 heavy (non-hydrogen) atoms. The largest absolute Gasteiger partial charge is 0.383 e. The third kappa shape index (κ3) is 10.9. The predicted octanol–water partition coefficient (Wildman–Crippen LogP) is 7.80. The number of carbonyl (C=O) groups is 3. The van der Waals surface area contributed by atoms with Gasteiger partial charge in [-0.25, -0.2) is 9.97 Å². The lowest BCUT2D eigenvalue weighted by atomic mass is 10.0. The minimum atomic E-state index is -0.860. The van der Waals surface area contributed by atoms with Crippen LogP contribution < -0.4 is 5.32 Å². The standard InChI is InChI=1S/C47H55N7O4/c1-6-24-53(44(55)25-32(4)7-2)29-42-48-26-40(50-42)36-18-14-34(15-19-36)35-16-20-37(21-17-35)41-27-49-43(51-41)30-54(28-33(8-3)31-58-5)47(57)45(38-12-10-9-11-13-38)52-46(56)39-22-23-39/h3,9-21,26-27,32-33,39,45H,6-7,22-25,28-31H2,1-2,4-5H3,(H,48,50)(H,49,51)(H,52,56)/t32-,33-,45+/m0/s1. The number of nitrogens with zero attached hydrogens (tertiary/aromatic N) is 4. The number of aromatic amines is 2. The van der Waals surface area contributed by atoms with Gasteiger partial charge in [-0.15, -0.1) is 6.42 Å². The normalized spacial score (nSPS) is 13.9. The second-order valence-electron chi connectivity index (χ2n) is 15.3. The number of nitrogens with one attached hydrogen (secondary N) is 3. The highest BCUT2D eigenvalue weighted by molar-refractivity contribution is 5.90. The third-order valence-electron chi connectivity index (χ3n) is 10.7. The van der Waals surface area contributed by atoms with E-state index in [4.69, 9.17) is 11.2 Å². The molecular formula is C47H55N7O4. The quantitative estimate of drug-likeness (QED) is 0.0690. The van der Waals surface area contributed by atoms with Gasteiger partial charge in [0.15, 0.2) is 0 Å². The number of rotatable bonds is 20. The maximum Gasteiger partial charge on any atom is 0.250 e. The van der Waals surface area contributed by atoms with Gasteiger partial charge in [-0.2, -0.15) is 0 Å². The highest BCUT2D eigenvalue weighted by Crippen LogP contribution is 2.31. The Morgan fingerprint density at radius 1 is 0.845 bits per heavy atom. The summed E-state index contributed by atoms with van der Waals surface area (Å²) in [6, 6.07) is 25.0. The summed E-state index contributed by atoms with van der Waals surface area (Å²) in [6.45, 7) is 8.18. The van der Waals surface area contributed by atoms with Crippen molar-refractivity contribution >= 4 is 17.7 Å². The number of hydrogen-bond acceptors (Lipinski definition) is 6. The van der Waals surface area contributed by atoms with Crippen LogP contribution in [-0.4, -0.2) is 74.3 Å². The Kier molecular flexibility index (Phi) is 14.3. The summed E-state index contributed by atoms with van der Waals surface area (Å²) in [5.41, 5.74) is 6.51. The van der Waals surface area contributed by atoms with E-state index in [0.29, 0.717) is 36.8 Å². The van der Waals surface area contributed by atoms with Crippen molar-refractivity contribution in [3.05, 3.63) is 108 Å². The minimum absolute atomic E-state index is 0.0562. The molecular weight excluding hydrogens is 727 g/mol. The lowest BCUT2D eigenvalue weighted by molar-refractivity contribution is -0.138. The van der Waals surface area contributed by atoms with Crippen molar-refractivity contribution < 1.29 is 19.1 Å². The van der Waals surface area contributed by atoms with Crippen LogP contribution in [0.2, 0.25) is 0 Å². The third-order valence-corrected chi connectivity index (χ3v) is 10.7. The van der Waals surface area contributed by atoms with Crippen LogP contribution in [0.3, 0.4) is 0 Å².